The maximum atomic E-state index is 9.39. The maximum absolute atomic E-state index is 9.39. The summed E-state index contributed by atoms with van der Waals surface area (Å²) in [6, 6.07) is 0.567. The first kappa shape index (κ1) is 12.7. The Labute approximate surface area is 93.2 Å². The van der Waals surface area contributed by atoms with Crippen LogP contribution in [-0.2, 0) is 0 Å². The molecule has 1 fully saturated rings. The number of likely N-dealkylation sites (N-methyl/N-ethyl adjacent to an activating group) is 1. The second-order valence-corrected chi connectivity index (χ2v) is 4.71. The highest BCUT2D eigenvalue weighted by molar-refractivity contribution is 5.61. The van der Waals surface area contributed by atoms with Crippen molar-refractivity contribution in [1.82, 2.24) is 4.90 Å². The molecule has 1 aliphatic carbocycles. The highest BCUT2D eigenvalue weighted by Crippen LogP contribution is 2.26. The van der Waals surface area contributed by atoms with Gasteiger partial charge in [-0.1, -0.05) is 12.8 Å². The fraction of sp³-hybridized carbons (Fsp3) is 0.917. The molecule has 0 aliphatic heterocycles. The monoisotopic (exact) mass is 212 g/mol. The molecule has 0 bridgehead atoms. The van der Waals surface area contributed by atoms with Gasteiger partial charge in [-0.25, -0.2) is 0 Å². The smallest absolute Gasteiger partial charge is 0.0639 e. The fourth-order valence-electron chi connectivity index (χ4n) is 2.60. The molecule has 0 amide bonds. The van der Waals surface area contributed by atoms with Crippen LogP contribution in [0.15, 0.2) is 4.99 Å². The van der Waals surface area contributed by atoms with Crippen molar-refractivity contribution < 1.29 is 5.11 Å². The van der Waals surface area contributed by atoms with Crippen LogP contribution in [0.2, 0.25) is 0 Å². The molecule has 88 valence electrons. The summed E-state index contributed by atoms with van der Waals surface area (Å²) in [6.45, 7) is 2.61. The molecule has 3 atom stereocenters. The fourth-order valence-corrected chi connectivity index (χ4v) is 2.60. The first-order valence-corrected chi connectivity index (χ1v) is 5.95. The van der Waals surface area contributed by atoms with E-state index in [4.69, 9.17) is 0 Å². The molecule has 0 radical (unpaired) electrons. The molecule has 0 heterocycles. The van der Waals surface area contributed by atoms with Crippen molar-refractivity contribution in [2.45, 2.75) is 44.8 Å². The third-order valence-corrected chi connectivity index (χ3v) is 3.24. The molecule has 1 rings (SSSR count). The van der Waals surface area contributed by atoms with E-state index in [9.17, 15) is 5.11 Å². The molecular weight excluding hydrogens is 188 g/mol. The number of nitrogens with zero attached hydrogens (tertiary/aromatic N) is 2. The van der Waals surface area contributed by atoms with Crippen LogP contribution in [0, 0.1) is 5.92 Å². The van der Waals surface area contributed by atoms with Crippen LogP contribution in [0.5, 0.6) is 0 Å². The minimum absolute atomic E-state index is 0.240. The SMILES string of the molecule is CN=CC1CCCC[C@@H]1N(C)CC(C)O. The second kappa shape index (κ2) is 6.23. The largest absolute Gasteiger partial charge is 0.392 e. The van der Waals surface area contributed by atoms with Gasteiger partial charge in [0.15, 0.2) is 0 Å². The van der Waals surface area contributed by atoms with E-state index >= 15 is 0 Å². The molecule has 1 N–H and O–H groups in total. The number of aliphatic hydroxyl groups excluding tert-OH is 1. The van der Waals surface area contributed by atoms with Crippen LogP contribution in [0.25, 0.3) is 0 Å². The van der Waals surface area contributed by atoms with E-state index in [1.807, 2.05) is 14.0 Å². The summed E-state index contributed by atoms with van der Waals surface area (Å²) in [5.74, 6) is 0.576. The van der Waals surface area contributed by atoms with Gasteiger partial charge in [0.1, 0.15) is 0 Å². The Hall–Kier alpha value is -0.410. The lowest BCUT2D eigenvalue weighted by Gasteiger charge is -2.36. The number of aliphatic imine (C=N–C) groups is 1. The van der Waals surface area contributed by atoms with Gasteiger partial charge in [0, 0.05) is 31.8 Å². The van der Waals surface area contributed by atoms with Gasteiger partial charge in [0.25, 0.3) is 0 Å². The first-order chi connectivity index (χ1) is 7.15. The number of aliphatic hydroxyl groups is 1. The van der Waals surface area contributed by atoms with Gasteiger partial charge in [-0.05, 0) is 26.8 Å². The summed E-state index contributed by atoms with van der Waals surface area (Å²) in [6.07, 6.45) is 6.95. The lowest BCUT2D eigenvalue weighted by molar-refractivity contribution is 0.0914. The maximum Gasteiger partial charge on any atom is 0.0639 e. The molecular formula is C12H24N2O. The Balaban J connectivity index is 2.54. The van der Waals surface area contributed by atoms with Crippen LogP contribution in [-0.4, -0.2) is 49.0 Å². The van der Waals surface area contributed by atoms with Gasteiger partial charge in [-0.3, -0.25) is 0 Å². The van der Waals surface area contributed by atoms with Crippen molar-refractivity contribution in [3.05, 3.63) is 0 Å². The minimum Gasteiger partial charge on any atom is -0.392 e. The predicted molar refractivity (Wildman–Crippen MR) is 64.5 cm³/mol. The van der Waals surface area contributed by atoms with E-state index in [2.05, 4.69) is 23.2 Å². The molecule has 3 heteroatoms. The molecule has 0 saturated heterocycles. The van der Waals surface area contributed by atoms with Crippen molar-refractivity contribution in [2.75, 3.05) is 20.6 Å². The van der Waals surface area contributed by atoms with Gasteiger partial charge >= 0.3 is 0 Å². The van der Waals surface area contributed by atoms with E-state index in [0.717, 1.165) is 6.54 Å². The summed E-state index contributed by atoms with van der Waals surface area (Å²) in [5, 5.41) is 9.39. The highest BCUT2D eigenvalue weighted by Gasteiger charge is 2.27. The molecule has 0 aromatic heterocycles. The van der Waals surface area contributed by atoms with Crippen LogP contribution in [0.4, 0.5) is 0 Å². The zero-order valence-electron chi connectivity index (χ0n) is 10.2. The predicted octanol–water partition coefficient (Wildman–Crippen LogP) is 1.56. The van der Waals surface area contributed by atoms with Crippen LogP contribution in [0.3, 0.4) is 0 Å². The summed E-state index contributed by atoms with van der Waals surface area (Å²) in [5.41, 5.74) is 0. The molecule has 0 aromatic rings. The van der Waals surface area contributed by atoms with Gasteiger partial charge < -0.3 is 15.0 Å². The van der Waals surface area contributed by atoms with E-state index < -0.39 is 0 Å². The van der Waals surface area contributed by atoms with Crippen molar-refractivity contribution in [3.63, 3.8) is 0 Å². The standard InChI is InChI=1S/C12H24N2O/c1-10(15)9-14(3)12-7-5-4-6-11(12)8-13-2/h8,10-12,15H,4-7,9H2,1-3H3/t10?,11?,12-/m0/s1. The number of rotatable bonds is 4. The molecule has 3 nitrogen and oxygen atoms in total. The quantitative estimate of drug-likeness (QED) is 0.718. The Kier molecular flexibility index (Phi) is 5.26. The Morgan fingerprint density at radius 2 is 2.13 bits per heavy atom. The number of hydrogen-bond donors (Lipinski definition) is 1. The van der Waals surface area contributed by atoms with Gasteiger partial charge in [-0.15, -0.1) is 0 Å². The molecule has 15 heavy (non-hydrogen) atoms. The van der Waals surface area contributed by atoms with Crippen LogP contribution >= 0.6 is 0 Å². The van der Waals surface area contributed by atoms with Crippen molar-refractivity contribution >= 4 is 6.21 Å². The van der Waals surface area contributed by atoms with Gasteiger partial charge in [0.05, 0.1) is 6.10 Å². The third kappa shape index (κ3) is 3.92. The van der Waals surface area contributed by atoms with Gasteiger partial charge in [0.2, 0.25) is 0 Å². The number of hydrogen-bond acceptors (Lipinski definition) is 3. The minimum atomic E-state index is -0.240. The molecule has 1 aliphatic rings. The lowest BCUT2D eigenvalue weighted by Crippen LogP contribution is -2.43. The molecule has 1 saturated carbocycles. The average Bonchev–Trinajstić information content (AvgIpc) is 2.18. The van der Waals surface area contributed by atoms with Crippen molar-refractivity contribution in [3.8, 4) is 0 Å². The van der Waals surface area contributed by atoms with Crippen LogP contribution < -0.4 is 0 Å². The van der Waals surface area contributed by atoms with E-state index in [0.29, 0.717) is 12.0 Å². The lowest BCUT2D eigenvalue weighted by atomic mass is 9.84. The average molecular weight is 212 g/mol. The van der Waals surface area contributed by atoms with Crippen LogP contribution in [0.1, 0.15) is 32.6 Å². The normalized spacial score (nSPS) is 29.9. The zero-order chi connectivity index (χ0) is 11.3. The topological polar surface area (TPSA) is 35.8 Å². The van der Waals surface area contributed by atoms with Crippen molar-refractivity contribution in [1.29, 1.82) is 0 Å². The second-order valence-electron chi connectivity index (χ2n) is 4.71. The summed E-state index contributed by atoms with van der Waals surface area (Å²) < 4.78 is 0. The van der Waals surface area contributed by atoms with Crippen molar-refractivity contribution in [2.24, 2.45) is 10.9 Å². The van der Waals surface area contributed by atoms with E-state index in [1.165, 1.54) is 25.7 Å². The van der Waals surface area contributed by atoms with Gasteiger partial charge in [-0.2, -0.15) is 0 Å². The molecule has 0 spiro atoms. The molecule has 0 aromatic carbocycles. The molecule has 2 unspecified atom stereocenters. The Bertz CT molecular complexity index is 204. The first-order valence-electron chi connectivity index (χ1n) is 5.95. The van der Waals surface area contributed by atoms with E-state index in [1.54, 1.807) is 0 Å². The summed E-state index contributed by atoms with van der Waals surface area (Å²) in [7, 11) is 3.96. The summed E-state index contributed by atoms with van der Waals surface area (Å²) >= 11 is 0. The Morgan fingerprint density at radius 1 is 1.47 bits per heavy atom. The highest BCUT2D eigenvalue weighted by atomic mass is 16.3. The Morgan fingerprint density at radius 3 is 2.73 bits per heavy atom. The zero-order valence-corrected chi connectivity index (χ0v) is 10.2. The third-order valence-electron chi connectivity index (χ3n) is 3.24. The summed E-state index contributed by atoms with van der Waals surface area (Å²) in [4.78, 5) is 6.44. The van der Waals surface area contributed by atoms with E-state index in [-0.39, 0.29) is 6.10 Å².